The zero-order valence-electron chi connectivity index (χ0n) is 17.1. The molecule has 0 radical (unpaired) electrons. The lowest BCUT2D eigenvalue weighted by atomic mass is 9.78. The summed E-state index contributed by atoms with van der Waals surface area (Å²) in [6, 6.07) is 11.0. The van der Waals surface area contributed by atoms with Crippen LogP contribution in [0.1, 0.15) is 59.4 Å². The van der Waals surface area contributed by atoms with Crippen LogP contribution in [-0.4, -0.2) is 27.5 Å². The van der Waals surface area contributed by atoms with E-state index in [-0.39, 0.29) is 5.41 Å². The zero-order valence-corrected chi connectivity index (χ0v) is 17.1. The summed E-state index contributed by atoms with van der Waals surface area (Å²) >= 11 is 0. The number of piperidine rings is 1. The van der Waals surface area contributed by atoms with Gasteiger partial charge in [-0.2, -0.15) is 5.26 Å². The Labute approximate surface area is 159 Å². The summed E-state index contributed by atoms with van der Waals surface area (Å²) < 4.78 is 2.01. The molecule has 2 heterocycles. The molecule has 0 atom stereocenters. The van der Waals surface area contributed by atoms with E-state index in [1.165, 1.54) is 5.56 Å². The molecule has 4 nitrogen and oxygen atoms in total. The zero-order chi connectivity index (χ0) is 19.4. The molecule has 0 amide bonds. The molecule has 4 heteroatoms. The van der Waals surface area contributed by atoms with Crippen LogP contribution in [-0.2, 0) is 6.54 Å². The van der Waals surface area contributed by atoms with Crippen molar-refractivity contribution < 1.29 is 0 Å². The van der Waals surface area contributed by atoms with Gasteiger partial charge in [0.05, 0.1) is 12.4 Å². The van der Waals surface area contributed by atoms with E-state index >= 15 is 0 Å². The minimum absolute atomic E-state index is 0.219. The van der Waals surface area contributed by atoms with E-state index in [1.807, 2.05) is 44.8 Å². The largest absolute Gasteiger partial charge is 0.306 e. The standard InChI is InChI=1S/C18H22N4.2C2H6/c1-18(6-9-19)7-11-21(12-8-18)14-16-2-4-17(5-3-16)22-13-10-20-15-22;2*1-2/h2-5,10,13,15H,6-8,11-12,14H2,1H3;2*1-2H3. The quantitative estimate of drug-likeness (QED) is 0.734. The van der Waals surface area contributed by atoms with Crippen molar-refractivity contribution in [2.75, 3.05) is 13.1 Å². The summed E-state index contributed by atoms with van der Waals surface area (Å²) in [5.41, 5.74) is 2.70. The van der Waals surface area contributed by atoms with Crippen molar-refractivity contribution in [2.24, 2.45) is 5.41 Å². The maximum Gasteiger partial charge on any atom is 0.0991 e. The normalized spacial score (nSPS) is 15.7. The van der Waals surface area contributed by atoms with E-state index in [0.717, 1.165) is 38.2 Å². The number of hydrogen-bond acceptors (Lipinski definition) is 3. The first-order valence-corrected chi connectivity index (χ1v) is 9.85. The number of benzene rings is 1. The minimum Gasteiger partial charge on any atom is -0.306 e. The summed E-state index contributed by atoms with van der Waals surface area (Å²) in [4.78, 5) is 6.57. The SMILES string of the molecule is CC.CC.CC1(CC#N)CCN(Cc2ccc(-n3ccnc3)cc2)CC1. The second-order valence-corrected chi connectivity index (χ2v) is 6.56. The molecule has 1 aromatic carbocycles. The predicted octanol–water partition coefficient (Wildman–Crippen LogP) is 5.44. The molecule has 1 aliphatic rings. The predicted molar refractivity (Wildman–Crippen MR) is 109 cm³/mol. The Kier molecular flexibility index (Phi) is 9.69. The first-order valence-electron chi connectivity index (χ1n) is 9.85. The highest BCUT2D eigenvalue weighted by Crippen LogP contribution is 2.34. The van der Waals surface area contributed by atoms with Crippen molar-refractivity contribution in [3.8, 4) is 11.8 Å². The first-order chi connectivity index (χ1) is 12.7. The van der Waals surface area contributed by atoms with E-state index in [0.29, 0.717) is 6.42 Å². The van der Waals surface area contributed by atoms with Gasteiger partial charge in [0, 0.05) is 31.0 Å². The van der Waals surface area contributed by atoms with E-state index < -0.39 is 0 Å². The number of aromatic nitrogens is 2. The van der Waals surface area contributed by atoms with Crippen molar-refractivity contribution >= 4 is 0 Å². The number of imidazole rings is 1. The van der Waals surface area contributed by atoms with Gasteiger partial charge in [-0.25, -0.2) is 4.98 Å². The monoisotopic (exact) mass is 354 g/mol. The molecule has 1 aromatic heterocycles. The van der Waals surface area contributed by atoms with E-state index in [1.54, 1.807) is 6.20 Å². The molecule has 0 bridgehead atoms. The highest BCUT2D eigenvalue weighted by Gasteiger charge is 2.29. The third-order valence-electron chi connectivity index (χ3n) is 4.71. The van der Waals surface area contributed by atoms with Gasteiger partial charge in [0.2, 0.25) is 0 Å². The number of nitriles is 1. The van der Waals surface area contributed by atoms with Gasteiger partial charge < -0.3 is 4.57 Å². The summed E-state index contributed by atoms with van der Waals surface area (Å²) in [7, 11) is 0. The highest BCUT2D eigenvalue weighted by molar-refractivity contribution is 5.34. The second-order valence-electron chi connectivity index (χ2n) is 6.56. The summed E-state index contributed by atoms with van der Waals surface area (Å²) in [5.74, 6) is 0. The van der Waals surface area contributed by atoms with Crippen LogP contribution in [0.25, 0.3) is 5.69 Å². The molecule has 3 rings (SSSR count). The minimum atomic E-state index is 0.219. The van der Waals surface area contributed by atoms with Crippen molar-refractivity contribution in [1.82, 2.24) is 14.5 Å². The maximum absolute atomic E-state index is 8.92. The fourth-order valence-corrected chi connectivity index (χ4v) is 3.06. The van der Waals surface area contributed by atoms with Crippen LogP contribution in [0, 0.1) is 16.7 Å². The van der Waals surface area contributed by atoms with Gasteiger partial charge in [0.15, 0.2) is 0 Å². The molecule has 0 spiro atoms. The van der Waals surface area contributed by atoms with Gasteiger partial charge in [0.25, 0.3) is 0 Å². The molecular formula is C22H34N4. The van der Waals surface area contributed by atoms with Gasteiger partial charge in [0.1, 0.15) is 0 Å². The molecule has 0 saturated carbocycles. The lowest BCUT2D eigenvalue weighted by Gasteiger charge is -2.38. The number of hydrogen-bond donors (Lipinski definition) is 0. The topological polar surface area (TPSA) is 44.9 Å². The van der Waals surface area contributed by atoms with E-state index in [9.17, 15) is 0 Å². The van der Waals surface area contributed by atoms with Crippen molar-refractivity contribution in [3.63, 3.8) is 0 Å². The lowest BCUT2D eigenvalue weighted by Crippen LogP contribution is -2.38. The van der Waals surface area contributed by atoms with Gasteiger partial charge in [-0.1, -0.05) is 46.8 Å². The van der Waals surface area contributed by atoms with E-state index in [2.05, 4.69) is 47.1 Å². The number of nitrogens with zero attached hydrogens (tertiary/aromatic N) is 4. The molecule has 26 heavy (non-hydrogen) atoms. The van der Waals surface area contributed by atoms with Gasteiger partial charge in [-0.3, -0.25) is 4.90 Å². The Bertz CT molecular complexity index is 630. The van der Waals surface area contributed by atoms with Crippen LogP contribution in [0.2, 0.25) is 0 Å². The Morgan fingerprint density at radius 3 is 2.19 bits per heavy atom. The second kappa shape index (κ2) is 11.5. The van der Waals surface area contributed by atoms with Crippen LogP contribution in [0.3, 0.4) is 0 Å². The van der Waals surface area contributed by atoms with Crippen molar-refractivity contribution in [2.45, 2.75) is 60.4 Å². The first kappa shape index (κ1) is 21.9. The fourth-order valence-electron chi connectivity index (χ4n) is 3.06. The average molecular weight is 355 g/mol. The highest BCUT2D eigenvalue weighted by atomic mass is 15.1. The van der Waals surface area contributed by atoms with Crippen LogP contribution >= 0.6 is 0 Å². The Hall–Kier alpha value is -2.12. The lowest BCUT2D eigenvalue weighted by molar-refractivity contribution is 0.116. The number of rotatable bonds is 4. The molecular weight excluding hydrogens is 320 g/mol. The fraction of sp³-hybridized carbons (Fsp3) is 0.545. The van der Waals surface area contributed by atoms with Gasteiger partial charge in [-0.05, 0) is 49.0 Å². The molecule has 0 aliphatic carbocycles. The summed E-state index contributed by atoms with van der Waals surface area (Å²) in [5, 5.41) is 8.92. The Morgan fingerprint density at radius 2 is 1.69 bits per heavy atom. The van der Waals surface area contributed by atoms with Gasteiger partial charge in [-0.15, -0.1) is 0 Å². The third-order valence-corrected chi connectivity index (χ3v) is 4.71. The van der Waals surface area contributed by atoms with Crippen molar-refractivity contribution in [1.29, 1.82) is 5.26 Å². The smallest absolute Gasteiger partial charge is 0.0991 e. The Balaban J connectivity index is 0.000000791. The van der Waals surface area contributed by atoms with Crippen LogP contribution in [0.4, 0.5) is 0 Å². The van der Waals surface area contributed by atoms with Crippen LogP contribution < -0.4 is 0 Å². The molecule has 2 aromatic rings. The summed E-state index contributed by atoms with van der Waals surface area (Å²) in [6.45, 7) is 13.4. The van der Waals surface area contributed by atoms with Crippen LogP contribution in [0.5, 0.6) is 0 Å². The maximum atomic E-state index is 8.92. The van der Waals surface area contributed by atoms with Crippen molar-refractivity contribution in [3.05, 3.63) is 48.5 Å². The average Bonchev–Trinajstić information content (AvgIpc) is 3.23. The molecule has 142 valence electrons. The molecule has 1 fully saturated rings. The molecule has 0 unspecified atom stereocenters. The number of likely N-dealkylation sites (tertiary alicyclic amines) is 1. The Morgan fingerprint density at radius 1 is 1.08 bits per heavy atom. The molecule has 0 N–H and O–H groups in total. The molecule has 1 aliphatic heterocycles. The van der Waals surface area contributed by atoms with Gasteiger partial charge >= 0.3 is 0 Å². The van der Waals surface area contributed by atoms with E-state index in [4.69, 9.17) is 5.26 Å². The molecule has 1 saturated heterocycles. The summed E-state index contributed by atoms with van der Waals surface area (Å²) in [6.07, 6.45) is 8.48. The third kappa shape index (κ3) is 6.31. The van der Waals surface area contributed by atoms with Crippen LogP contribution in [0.15, 0.2) is 43.0 Å².